The molecule has 8 nitrogen and oxygen atoms in total. The smallest absolute Gasteiger partial charge is 0.252 e. The maximum atomic E-state index is 12.8. The van der Waals surface area contributed by atoms with Gasteiger partial charge in [0.05, 0.1) is 17.0 Å². The van der Waals surface area contributed by atoms with Crippen molar-refractivity contribution >= 4 is 48.9 Å². The molecule has 28 heavy (non-hydrogen) atoms. The highest BCUT2D eigenvalue weighted by molar-refractivity contribution is 9.11. The standard InChI is InChI=1S/C17H22BrN5O3S2/c1-13-19-15(12-16(20-13)22-8-10-26-11-9-22)21-4-6-23(7-5-21)28(24,25)17-3-2-14(18)27-17/h2-3,12H,4-11H2,1H3. The number of piperazine rings is 1. The van der Waals surface area contributed by atoms with Crippen LogP contribution < -0.4 is 9.80 Å². The highest BCUT2D eigenvalue weighted by atomic mass is 79.9. The summed E-state index contributed by atoms with van der Waals surface area (Å²) in [4.78, 5) is 13.5. The summed E-state index contributed by atoms with van der Waals surface area (Å²) in [6.45, 7) is 7.01. The van der Waals surface area contributed by atoms with Gasteiger partial charge in [-0.3, -0.25) is 0 Å². The van der Waals surface area contributed by atoms with Gasteiger partial charge in [0.1, 0.15) is 21.7 Å². The summed E-state index contributed by atoms with van der Waals surface area (Å²) in [5, 5.41) is 0. The molecule has 11 heteroatoms. The van der Waals surface area contributed by atoms with E-state index < -0.39 is 10.0 Å². The number of thiophene rings is 1. The summed E-state index contributed by atoms with van der Waals surface area (Å²) in [5.41, 5.74) is 0. The first kappa shape index (κ1) is 20.0. The number of hydrogen-bond donors (Lipinski definition) is 0. The van der Waals surface area contributed by atoms with Crippen molar-refractivity contribution < 1.29 is 13.2 Å². The van der Waals surface area contributed by atoms with E-state index in [1.807, 2.05) is 13.0 Å². The summed E-state index contributed by atoms with van der Waals surface area (Å²) >= 11 is 4.58. The monoisotopic (exact) mass is 487 g/mol. The van der Waals surface area contributed by atoms with Crippen LogP contribution in [0.25, 0.3) is 0 Å². The Morgan fingerprint density at radius 3 is 2.18 bits per heavy atom. The van der Waals surface area contributed by atoms with Crippen molar-refractivity contribution in [1.29, 1.82) is 0 Å². The van der Waals surface area contributed by atoms with E-state index in [1.54, 1.807) is 16.4 Å². The van der Waals surface area contributed by atoms with Gasteiger partial charge < -0.3 is 14.5 Å². The lowest BCUT2D eigenvalue weighted by atomic mass is 10.3. The Bertz CT molecular complexity index is 938. The normalized spacial score (nSPS) is 19.2. The molecule has 0 aromatic carbocycles. The molecule has 2 fully saturated rings. The molecule has 2 saturated heterocycles. The van der Waals surface area contributed by atoms with Crippen molar-refractivity contribution in [3.8, 4) is 0 Å². The molecule has 152 valence electrons. The predicted octanol–water partition coefficient (Wildman–Crippen LogP) is 1.96. The lowest BCUT2D eigenvalue weighted by Crippen LogP contribution is -2.49. The topological polar surface area (TPSA) is 78.9 Å². The Morgan fingerprint density at radius 1 is 1.00 bits per heavy atom. The van der Waals surface area contributed by atoms with E-state index in [9.17, 15) is 8.42 Å². The quantitative estimate of drug-likeness (QED) is 0.651. The first-order valence-corrected chi connectivity index (χ1v) is 12.2. The molecule has 0 bridgehead atoms. The van der Waals surface area contributed by atoms with Gasteiger partial charge >= 0.3 is 0 Å². The van der Waals surface area contributed by atoms with Crippen molar-refractivity contribution in [2.45, 2.75) is 11.1 Å². The van der Waals surface area contributed by atoms with Crippen molar-refractivity contribution in [2.75, 3.05) is 62.3 Å². The Morgan fingerprint density at radius 2 is 1.61 bits per heavy atom. The van der Waals surface area contributed by atoms with Gasteiger partial charge in [-0.05, 0) is 35.0 Å². The van der Waals surface area contributed by atoms with Crippen LogP contribution in [0, 0.1) is 6.92 Å². The van der Waals surface area contributed by atoms with Gasteiger partial charge in [-0.15, -0.1) is 11.3 Å². The van der Waals surface area contributed by atoms with Crippen LogP contribution in [0.3, 0.4) is 0 Å². The second-order valence-corrected chi connectivity index (χ2v) is 11.3. The first-order valence-electron chi connectivity index (χ1n) is 9.12. The van der Waals surface area contributed by atoms with E-state index >= 15 is 0 Å². The van der Waals surface area contributed by atoms with Crippen molar-refractivity contribution in [2.24, 2.45) is 0 Å². The molecule has 0 unspecified atom stereocenters. The van der Waals surface area contributed by atoms with Crippen LogP contribution in [-0.2, 0) is 14.8 Å². The number of nitrogens with zero attached hydrogens (tertiary/aromatic N) is 5. The van der Waals surface area contributed by atoms with Gasteiger partial charge in [0.25, 0.3) is 10.0 Å². The zero-order valence-electron chi connectivity index (χ0n) is 15.5. The summed E-state index contributed by atoms with van der Waals surface area (Å²) in [6.07, 6.45) is 0. The molecular formula is C17H22BrN5O3S2. The number of ether oxygens (including phenoxy) is 1. The fraction of sp³-hybridized carbons (Fsp3) is 0.529. The summed E-state index contributed by atoms with van der Waals surface area (Å²) in [7, 11) is -3.44. The van der Waals surface area contributed by atoms with Crippen molar-refractivity contribution in [3.63, 3.8) is 0 Å². The molecule has 2 aliphatic rings. The summed E-state index contributed by atoms with van der Waals surface area (Å²) in [5.74, 6) is 2.48. The lowest BCUT2D eigenvalue weighted by Gasteiger charge is -2.35. The van der Waals surface area contributed by atoms with E-state index in [0.717, 1.165) is 34.3 Å². The molecule has 0 spiro atoms. The molecule has 0 amide bonds. The van der Waals surface area contributed by atoms with E-state index in [0.29, 0.717) is 43.6 Å². The predicted molar refractivity (Wildman–Crippen MR) is 113 cm³/mol. The number of morpholine rings is 1. The molecule has 4 heterocycles. The molecule has 0 saturated carbocycles. The zero-order valence-corrected chi connectivity index (χ0v) is 18.8. The van der Waals surface area contributed by atoms with E-state index in [2.05, 4.69) is 35.7 Å². The third-order valence-electron chi connectivity index (χ3n) is 4.85. The number of halogens is 1. The molecule has 2 aromatic heterocycles. The van der Waals surface area contributed by atoms with Crippen LogP contribution in [0.4, 0.5) is 11.6 Å². The average molecular weight is 488 g/mol. The summed E-state index contributed by atoms with van der Waals surface area (Å²) < 4.78 is 33.8. The number of anilines is 2. The van der Waals surface area contributed by atoms with E-state index in [-0.39, 0.29) is 0 Å². The largest absolute Gasteiger partial charge is 0.378 e. The van der Waals surface area contributed by atoms with Crippen molar-refractivity contribution in [3.05, 3.63) is 27.8 Å². The van der Waals surface area contributed by atoms with Crippen LogP contribution >= 0.6 is 27.3 Å². The molecule has 2 aromatic rings. The van der Waals surface area contributed by atoms with Gasteiger partial charge in [-0.2, -0.15) is 4.31 Å². The maximum Gasteiger partial charge on any atom is 0.252 e. The van der Waals surface area contributed by atoms with Gasteiger partial charge in [0.2, 0.25) is 0 Å². The van der Waals surface area contributed by atoms with Gasteiger partial charge in [0.15, 0.2) is 0 Å². The fourth-order valence-electron chi connectivity index (χ4n) is 3.37. The van der Waals surface area contributed by atoms with Gasteiger partial charge in [0, 0.05) is 45.3 Å². The Hall–Kier alpha value is -1.27. The van der Waals surface area contributed by atoms with Crippen LogP contribution in [0.15, 0.2) is 26.2 Å². The van der Waals surface area contributed by atoms with Gasteiger partial charge in [-0.1, -0.05) is 0 Å². The second-order valence-electron chi connectivity index (χ2n) is 6.68. The molecule has 2 aliphatic heterocycles. The third kappa shape index (κ3) is 4.18. The van der Waals surface area contributed by atoms with Crippen molar-refractivity contribution in [1.82, 2.24) is 14.3 Å². The first-order chi connectivity index (χ1) is 13.4. The average Bonchev–Trinajstić information content (AvgIpc) is 3.15. The van der Waals surface area contributed by atoms with E-state index in [4.69, 9.17) is 4.74 Å². The number of aryl methyl sites for hydroxylation is 1. The molecular weight excluding hydrogens is 466 g/mol. The Kier molecular flexibility index (Phi) is 5.88. The molecule has 0 radical (unpaired) electrons. The minimum atomic E-state index is -3.44. The van der Waals surface area contributed by atoms with Crippen LogP contribution in [0.1, 0.15) is 5.82 Å². The highest BCUT2D eigenvalue weighted by Crippen LogP contribution is 2.29. The minimum Gasteiger partial charge on any atom is -0.378 e. The number of aromatic nitrogens is 2. The number of sulfonamides is 1. The van der Waals surface area contributed by atoms with Gasteiger partial charge in [-0.25, -0.2) is 18.4 Å². The fourth-order valence-corrected chi connectivity index (χ4v) is 6.96. The Labute approximate surface area is 177 Å². The number of hydrogen-bond acceptors (Lipinski definition) is 8. The van der Waals surface area contributed by atoms with E-state index in [1.165, 1.54) is 11.3 Å². The third-order valence-corrected chi connectivity index (χ3v) is 8.84. The molecule has 0 atom stereocenters. The van der Waals surface area contributed by atoms with Crippen LogP contribution in [0.5, 0.6) is 0 Å². The zero-order chi connectivity index (χ0) is 19.7. The SMILES string of the molecule is Cc1nc(N2CCOCC2)cc(N2CCN(S(=O)(=O)c3ccc(Br)s3)CC2)n1. The highest BCUT2D eigenvalue weighted by Gasteiger charge is 2.30. The van der Waals surface area contributed by atoms with Crippen LogP contribution in [0.2, 0.25) is 0 Å². The second kappa shape index (κ2) is 8.23. The number of rotatable bonds is 4. The van der Waals surface area contributed by atoms with Crippen LogP contribution in [-0.4, -0.2) is 75.2 Å². The molecule has 4 rings (SSSR count). The lowest BCUT2D eigenvalue weighted by molar-refractivity contribution is 0.122. The Balaban J connectivity index is 1.47. The molecule has 0 N–H and O–H groups in total. The maximum absolute atomic E-state index is 12.8. The minimum absolute atomic E-state index is 0.375. The summed E-state index contributed by atoms with van der Waals surface area (Å²) in [6, 6.07) is 5.42. The molecule has 0 aliphatic carbocycles.